The average molecular weight is 253 g/mol. The highest BCUT2D eigenvalue weighted by Crippen LogP contribution is 2.32. The van der Waals surface area contributed by atoms with Crippen molar-refractivity contribution in [1.82, 2.24) is 9.55 Å². The fourth-order valence-corrected chi connectivity index (χ4v) is 1.74. The van der Waals surface area contributed by atoms with Gasteiger partial charge in [-0.25, -0.2) is 4.79 Å². The number of ether oxygens (including phenoxy) is 1. The van der Waals surface area contributed by atoms with E-state index < -0.39 is 23.1 Å². The molecule has 0 aliphatic carbocycles. The molecular weight excluding hydrogens is 238 g/mol. The van der Waals surface area contributed by atoms with Crippen molar-refractivity contribution in [3.63, 3.8) is 0 Å². The van der Waals surface area contributed by atoms with Crippen LogP contribution in [0.15, 0.2) is 27.6 Å². The minimum atomic E-state index is -1.01. The van der Waals surface area contributed by atoms with Gasteiger partial charge < -0.3 is 15.6 Å². The number of rotatable bonds is 2. The summed E-state index contributed by atoms with van der Waals surface area (Å²) in [6.07, 6.45) is 2.01. The van der Waals surface area contributed by atoms with Crippen LogP contribution in [0.2, 0.25) is 0 Å². The molecule has 0 fully saturated rings. The third kappa shape index (κ3) is 1.87. The Morgan fingerprint density at radius 1 is 1.61 bits per heavy atom. The summed E-state index contributed by atoms with van der Waals surface area (Å²) >= 11 is 0. The molecule has 4 N–H and O–H groups in total. The van der Waals surface area contributed by atoms with Crippen LogP contribution in [0, 0.1) is 6.92 Å². The molecule has 0 saturated carbocycles. The van der Waals surface area contributed by atoms with E-state index in [1.54, 1.807) is 13.8 Å². The second-order valence-electron chi connectivity index (χ2n) is 4.47. The predicted molar refractivity (Wildman–Crippen MR) is 64.4 cm³/mol. The van der Waals surface area contributed by atoms with Crippen LogP contribution in [-0.4, -0.2) is 26.8 Å². The number of aromatic nitrogens is 2. The van der Waals surface area contributed by atoms with E-state index in [0.29, 0.717) is 5.56 Å². The second kappa shape index (κ2) is 4.11. The first kappa shape index (κ1) is 12.6. The van der Waals surface area contributed by atoms with Crippen molar-refractivity contribution in [2.24, 2.45) is 5.73 Å². The van der Waals surface area contributed by atoms with Gasteiger partial charge in [0.2, 0.25) is 0 Å². The molecule has 1 aliphatic heterocycles. The topological polar surface area (TPSA) is 110 Å². The quantitative estimate of drug-likeness (QED) is 0.660. The average Bonchev–Trinajstić information content (AvgIpc) is 2.61. The number of nitrogens with two attached hydrogens (primary N) is 1. The van der Waals surface area contributed by atoms with Crippen LogP contribution in [0.5, 0.6) is 0 Å². The van der Waals surface area contributed by atoms with Gasteiger partial charge in [0.1, 0.15) is 11.4 Å². The summed E-state index contributed by atoms with van der Waals surface area (Å²) in [7, 11) is 0. The van der Waals surface area contributed by atoms with Gasteiger partial charge in [0, 0.05) is 24.4 Å². The molecule has 0 radical (unpaired) electrons. The fraction of sp³-hybridized carbons (Fsp3) is 0.455. The van der Waals surface area contributed by atoms with Crippen molar-refractivity contribution in [3.05, 3.63) is 44.4 Å². The number of hydrogen-bond acceptors (Lipinski definition) is 5. The van der Waals surface area contributed by atoms with Crippen LogP contribution in [-0.2, 0) is 4.74 Å². The van der Waals surface area contributed by atoms with Gasteiger partial charge in [0.15, 0.2) is 6.23 Å². The Balaban J connectivity index is 2.45. The third-order valence-corrected chi connectivity index (χ3v) is 3.03. The zero-order valence-electron chi connectivity index (χ0n) is 10.1. The van der Waals surface area contributed by atoms with Crippen molar-refractivity contribution in [2.45, 2.75) is 25.7 Å². The SMILES string of the molecule is Cc1cn([C@H]2C=C(O)[C@@](C)(CN)O2)c(=O)[nH]c1=O. The van der Waals surface area contributed by atoms with Gasteiger partial charge >= 0.3 is 5.69 Å². The molecule has 2 heterocycles. The number of hydrogen-bond donors (Lipinski definition) is 3. The molecule has 0 amide bonds. The van der Waals surface area contributed by atoms with E-state index in [9.17, 15) is 14.7 Å². The summed E-state index contributed by atoms with van der Waals surface area (Å²) in [5, 5.41) is 9.76. The largest absolute Gasteiger partial charge is 0.509 e. The molecule has 0 aromatic carbocycles. The van der Waals surface area contributed by atoms with Gasteiger partial charge in [-0.15, -0.1) is 0 Å². The Morgan fingerprint density at radius 3 is 2.83 bits per heavy atom. The molecule has 98 valence electrons. The van der Waals surface area contributed by atoms with Gasteiger partial charge in [0.05, 0.1) is 0 Å². The molecule has 0 bridgehead atoms. The van der Waals surface area contributed by atoms with Gasteiger partial charge in [-0.1, -0.05) is 0 Å². The highest BCUT2D eigenvalue weighted by Gasteiger charge is 2.38. The van der Waals surface area contributed by atoms with E-state index in [1.807, 2.05) is 0 Å². The Hall–Kier alpha value is -1.86. The Kier molecular flexibility index (Phi) is 2.88. The maximum absolute atomic E-state index is 11.7. The summed E-state index contributed by atoms with van der Waals surface area (Å²) in [5.41, 5.74) is 3.86. The van der Waals surface area contributed by atoms with E-state index in [0.717, 1.165) is 0 Å². The summed E-state index contributed by atoms with van der Waals surface area (Å²) in [5.74, 6) is -0.0225. The minimum absolute atomic E-state index is 0.0225. The van der Waals surface area contributed by atoms with E-state index >= 15 is 0 Å². The summed E-state index contributed by atoms with van der Waals surface area (Å²) in [4.78, 5) is 25.1. The maximum atomic E-state index is 11.7. The predicted octanol–water partition coefficient (Wildman–Crippen LogP) is -0.467. The normalized spacial score (nSPS) is 27.3. The van der Waals surface area contributed by atoms with Crippen molar-refractivity contribution in [3.8, 4) is 0 Å². The molecule has 1 aromatic rings. The van der Waals surface area contributed by atoms with Crippen LogP contribution in [0.25, 0.3) is 0 Å². The first-order chi connectivity index (χ1) is 8.37. The van der Waals surface area contributed by atoms with E-state index in [4.69, 9.17) is 10.5 Å². The maximum Gasteiger partial charge on any atom is 0.330 e. The summed E-state index contributed by atoms with van der Waals surface area (Å²) in [6.45, 7) is 3.29. The zero-order valence-corrected chi connectivity index (χ0v) is 10.1. The lowest BCUT2D eigenvalue weighted by Gasteiger charge is -2.24. The molecule has 0 unspecified atom stereocenters. The molecular formula is C11H15N3O4. The fourth-order valence-electron chi connectivity index (χ4n) is 1.74. The van der Waals surface area contributed by atoms with Gasteiger partial charge in [-0.3, -0.25) is 14.3 Å². The first-order valence-electron chi connectivity index (χ1n) is 5.48. The third-order valence-electron chi connectivity index (χ3n) is 3.03. The first-order valence-corrected chi connectivity index (χ1v) is 5.48. The molecule has 7 heteroatoms. The molecule has 1 aliphatic rings. The van der Waals surface area contributed by atoms with Crippen LogP contribution in [0.3, 0.4) is 0 Å². The van der Waals surface area contributed by atoms with Crippen LogP contribution in [0.4, 0.5) is 0 Å². The lowest BCUT2D eigenvalue weighted by Crippen LogP contribution is -2.39. The number of aliphatic hydroxyl groups excluding tert-OH is 1. The molecule has 2 rings (SSSR count). The Morgan fingerprint density at radius 2 is 2.28 bits per heavy atom. The Labute approximate surface area is 103 Å². The molecule has 18 heavy (non-hydrogen) atoms. The number of aromatic amines is 1. The van der Waals surface area contributed by atoms with Crippen molar-refractivity contribution < 1.29 is 9.84 Å². The van der Waals surface area contributed by atoms with Crippen LogP contribution >= 0.6 is 0 Å². The van der Waals surface area contributed by atoms with Crippen LogP contribution < -0.4 is 17.0 Å². The lowest BCUT2D eigenvalue weighted by molar-refractivity contribution is -0.0595. The molecule has 7 nitrogen and oxygen atoms in total. The molecule has 1 aromatic heterocycles. The minimum Gasteiger partial charge on any atom is -0.509 e. The van der Waals surface area contributed by atoms with Gasteiger partial charge in [-0.2, -0.15) is 0 Å². The smallest absolute Gasteiger partial charge is 0.330 e. The molecule has 2 atom stereocenters. The van der Waals surface area contributed by atoms with Crippen molar-refractivity contribution >= 4 is 0 Å². The van der Waals surface area contributed by atoms with Crippen molar-refractivity contribution in [1.29, 1.82) is 0 Å². The number of aryl methyl sites for hydroxylation is 1. The van der Waals surface area contributed by atoms with E-state index in [1.165, 1.54) is 16.8 Å². The highest BCUT2D eigenvalue weighted by molar-refractivity contribution is 5.16. The van der Waals surface area contributed by atoms with E-state index in [2.05, 4.69) is 4.98 Å². The standard InChI is InChI=1S/C11H15N3O4/c1-6-4-14(10(17)13-9(6)16)8-3-7(15)11(2,5-12)18-8/h3-4,8,15H,5,12H2,1-2H3,(H,13,16,17)/t8-,11-/m1/s1. The molecule has 0 saturated heterocycles. The van der Waals surface area contributed by atoms with E-state index in [-0.39, 0.29) is 12.3 Å². The monoisotopic (exact) mass is 253 g/mol. The number of nitrogens with one attached hydrogen (secondary N) is 1. The molecule has 0 spiro atoms. The zero-order chi connectivity index (χ0) is 13.5. The summed E-state index contributed by atoms with van der Waals surface area (Å²) < 4.78 is 6.75. The summed E-state index contributed by atoms with van der Waals surface area (Å²) in [6, 6.07) is 0. The Bertz CT molecular complexity index is 615. The van der Waals surface area contributed by atoms with Gasteiger partial charge in [-0.05, 0) is 13.8 Å². The number of nitrogens with zero attached hydrogens (tertiary/aromatic N) is 1. The number of aliphatic hydroxyl groups is 1. The second-order valence-corrected chi connectivity index (χ2v) is 4.47. The highest BCUT2D eigenvalue weighted by atomic mass is 16.5. The van der Waals surface area contributed by atoms with Crippen molar-refractivity contribution in [2.75, 3.05) is 6.54 Å². The lowest BCUT2D eigenvalue weighted by atomic mass is 10.1. The van der Waals surface area contributed by atoms with Gasteiger partial charge in [0.25, 0.3) is 5.56 Å². The number of H-pyrrole nitrogens is 1. The van der Waals surface area contributed by atoms with Crippen LogP contribution in [0.1, 0.15) is 18.7 Å².